The van der Waals surface area contributed by atoms with Crippen molar-refractivity contribution in [1.82, 2.24) is 14.1 Å². The molecule has 168 valence electrons. The lowest BCUT2D eigenvalue weighted by atomic mass is 9.63. The van der Waals surface area contributed by atoms with Gasteiger partial charge in [-0.1, -0.05) is 18.6 Å². The fourth-order valence-corrected chi connectivity index (χ4v) is 6.14. The molecule has 5 nitrogen and oxygen atoms in total. The fourth-order valence-electron chi connectivity index (χ4n) is 6.14. The number of nitrogens with zero attached hydrogens (tertiary/aromatic N) is 5. The van der Waals surface area contributed by atoms with Crippen LogP contribution in [0.3, 0.4) is 0 Å². The van der Waals surface area contributed by atoms with Gasteiger partial charge in [0.15, 0.2) is 5.82 Å². The maximum absolute atomic E-state index is 9.13. The first-order chi connectivity index (χ1) is 16.7. The third-order valence-electron chi connectivity index (χ3n) is 8.38. The lowest BCUT2D eigenvalue weighted by Crippen LogP contribution is -2.43. The second-order valence-corrected chi connectivity index (χ2v) is 10.2. The van der Waals surface area contributed by atoms with Crippen LogP contribution in [0.25, 0.3) is 28.3 Å². The van der Waals surface area contributed by atoms with Crippen molar-refractivity contribution in [1.29, 1.82) is 5.26 Å². The number of piperidine rings is 1. The molecule has 0 amide bonds. The van der Waals surface area contributed by atoms with Crippen LogP contribution in [0.2, 0.25) is 0 Å². The predicted octanol–water partition coefficient (Wildman–Crippen LogP) is 6.01. The number of aromatic nitrogens is 3. The smallest absolute Gasteiger partial charge is 0.161 e. The summed E-state index contributed by atoms with van der Waals surface area (Å²) in [5, 5.41) is 9.13. The van der Waals surface area contributed by atoms with Crippen LogP contribution >= 0.6 is 0 Å². The highest BCUT2D eigenvalue weighted by molar-refractivity contribution is 5.72. The largest absolute Gasteiger partial charge is 0.371 e. The Hall–Kier alpha value is -3.78. The number of fused-ring (bicyclic) bond motifs is 5. The van der Waals surface area contributed by atoms with Gasteiger partial charge in [0.2, 0.25) is 0 Å². The quantitative estimate of drug-likeness (QED) is 0.334. The molecule has 0 bridgehead atoms. The third kappa shape index (κ3) is 3.02. The molecule has 5 heteroatoms. The topological polar surface area (TPSA) is 49.8 Å². The van der Waals surface area contributed by atoms with Crippen molar-refractivity contribution in [3.8, 4) is 34.4 Å². The summed E-state index contributed by atoms with van der Waals surface area (Å²) in [6.07, 6.45) is 13.2. The number of rotatable bonds is 2. The van der Waals surface area contributed by atoms with E-state index < -0.39 is 0 Å². The molecule has 1 saturated heterocycles. The van der Waals surface area contributed by atoms with Gasteiger partial charge in [-0.05, 0) is 78.6 Å². The number of nitriles is 1. The number of hydrogen-bond acceptors (Lipinski definition) is 3. The van der Waals surface area contributed by atoms with Crippen molar-refractivity contribution in [2.45, 2.75) is 38.6 Å². The van der Waals surface area contributed by atoms with Gasteiger partial charge in [-0.2, -0.15) is 5.26 Å². The summed E-state index contributed by atoms with van der Waals surface area (Å²) in [5.74, 6) is 0.969. The Labute approximate surface area is 199 Å². The lowest BCUT2D eigenvalue weighted by molar-refractivity contribution is 0.0955. The number of imidazole rings is 1. The van der Waals surface area contributed by atoms with E-state index in [-0.39, 0.29) is 0 Å². The van der Waals surface area contributed by atoms with Crippen LogP contribution in [0.15, 0.2) is 67.1 Å². The zero-order valence-corrected chi connectivity index (χ0v) is 19.2. The van der Waals surface area contributed by atoms with E-state index in [1.54, 1.807) is 0 Å². The monoisotopic (exact) mass is 445 g/mol. The Morgan fingerprint density at radius 3 is 2.47 bits per heavy atom. The van der Waals surface area contributed by atoms with Crippen LogP contribution in [-0.4, -0.2) is 27.2 Å². The van der Waals surface area contributed by atoms with Crippen molar-refractivity contribution in [3.05, 3.63) is 78.2 Å². The highest BCUT2D eigenvalue weighted by Gasteiger charge is 2.39. The molecule has 1 saturated carbocycles. The molecule has 4 aromatic rings. The lowest BCUT2D eigenvalue weighted by Gasteiger charge is -2.48. The van der Waals surface area contributed by atoms with Gasteiger partial charge in [0.05, 0.1) is 23.0 Å². The van der Waals surface area contributed by atoms with Crippen molar-refractivity contribution in [3.63, 3.8) is 0 Å². The molecule has 34 heavy (non-hydrogen) atoms. The third-order valence-corrected chi connectivity index (χ3v) is 8.38. The molecule has 2 aromatic carbocycles. The van der Waals surface area contributed by atoms with E-state index in [2.05, 4.69) is 56.8 Å². The van der Waals surface area contributed by atoms with Crippen LogP contribution in [0.4, 0.5) is 5.69 Å². The van der Waals surface area contributed by atoms with Crippen LogP contribution < -0.4 is 4.90 Å². The minimum atomic E-state index is 0.662. The SMILES string of the molecule is N#Cc1ccc(-c2cc3n(c2)Cc2cc(N4CCC5(CCC5)CC4)ccc2-n2ccnc2-3)cc1. The predicted molar refractivity (Wildman–Crippen MR) is 134 cm³/mol. The Kier molecular flexibility index (Phi) is 4.26. The van der Waals surface area contributed by atoms with Crippen molar-refractivity contribution in [2.75, 3.05) is 18.0 Å². The molecule has 3 aliphatic rings. The molecule has 0 radical (unpaired) electrons. The summed E-state index contributed by atoms with van der Waals surface area (Å²) in [6, 6.07) is 19.2. The van der Waals surface area contributed by atoms with Gasteiger partial charge < -0.3 is 9.47 Å². The highest BCUT2D eigenvalue weighted by atomic mass is 15.2. The van der Waals surface area contributed by atoms with Crippen molar-refractivity contribution in [2.24, 2.45) is 5.41 Å². The Bertz CT molecular complexity index is 1420. The zero-order valence-electron chi connectivity index (χ0n) is 19.2. The van der Waals surface area contributed by atoms with Gasteiger partial charge in [0.25, 0.3) is 0 Å². The van der Waals surface area contributed by atoms with Gasteiger partial charge in [-0.15, -0.1) is 0 Å². The van der Waals surface area contributed by atoms with Crippen LogP contribution in [0.5, 0.6) is 0 Å². The van der Waals surface area contributed by atoms with Crippen molar-refractivity contribution >= 4 is 5.69 Å². The summed E-state index contributed by atoms with van der Waals surface area (Å²) in [6.45, 7) is 3.16. The fraction of sp³-hybridized carbons (Fsp3) is 0.310. The van der Waals surface area contributed by atoms with Gasteiger partial charge >= 0.3 is 0 Å². The molecule has 1 aliphatic carbocycles. The molecule has 2 aliphatic heterocycles. The Morgan fingerprint density at radius 2 is 1.74 bits per heavy atom. The van der Waals surface area contributed by atoms with Crippen molar-refractivity contribution < 1.29 is 0 Å². The Morgan fingerprint density at radius 1 is 0.912 bits per heavy atom. The number of anilines is 1. The van der Waals surface area contributed by atoms with Gasteiger partial charge in [-0.3, -0.25) is 4.57 Å². The second-order valence-electron chi connectivity index (χ2n) is 10.2. The molecular formula is C29H27N5. The number of hydrogen-bond donors (Lipinski definition) is 0. The van der Waals surface area contributed by atoms with E-state index in [0.29, 0.717) is 11.0 Å². The molecule has 7 rings (SSSR count). The molecular weight excluding hydrogens is 418 g/mol. The van der Waals surface area contributed by atoms with E-state index in [9.17, 15) is 0 Å². The number of benzene rings is 2. The summed E-state index contributed by atoms with van der Waals surface area (Å²) in [5.41, 5.74) is 8.61. The van der Waals surface area contributed by atoms with E-state index in [1.807, 2.05) is 30.5 Å². The summed E-state index contributed by atoms with van der Waals surface area (Å²) in [7, 11) is 0. The minimum absolute atomic E-state index is 0.662. The molecule has 4 heterocycles. The molecule has 2 fully saturated rings. The summed E-state index contributed by atoms with van der Waals surface area (Å²) < 4.78 is 4.54. The molecule has 0 atom stereocenters. The normalized spacial score (nSPS) is 17.8. The van der Waals surface area contributed by atoms with E-state index in [0.717, 1.165) is 29.2 Å². The average molecular weight is 446 g/mol. The highest BCUT2D eigenvalue weighted by Crippen LogP contribution is 2.49. The van der Waals surface area contributed by atoms with Crippen LogP contribution in [0.1, 0.15) is 43.2 Å². The van der Waals surface area contributed by atoms with Gasteiger partial charge in [0, 0.05) is 49.5 Å². The molecule has 0 N–H and O–H groups in total. The zero-order chi connectivity index (χ0) is 22.7. The second kappa shape index (κ2) is 7.36. The first-order valence-corrected chi connectivity index (χ1v) is 12.3. The maximum atomic E-state index is 9.13. The Balaban J connectivity index is 1.25. The van der Waals surface area contributed by atoms with Gasteiger partial charge in [-0.25, -0.2) is 4.98 Å². The minimum Gasteiger partial charge on any atom is -0.371 e. The van der Waals surface area contributed by atoms with Crippen LogP contribution in [0, 0.1) is 16.7 Å². The average Bonchev–Trinajstić information content (AvgIpc) is 3.48. The standard InChI is InChI=1S/C29H27N5/c30-18-21-2-4-22(5-3-21)23-17-27-28-31-12-15-34(28)26-7-6-25(16-24(26)20-33(27)19-23)32-13-10-29(11-14-32)8-1-9-29/h2-7,12,15-17,19H,1,8-11,13-14,20H2. The van der Waals surface area contributed by atoms with E-state index >= 15 is 0 Å². The first-order valence-electron chi connectivity index (χ1n) is 12.3. The van der Waals surface area contributed by atoms with E-state index in [1.165, 1.54) is 62.1 Å². The molecule has 0 unspecified atom stereocenters. The molecule has 2 aromatic heterocycles. The summed E-state index contributed by atoms with van der Waals surface area (Å²) in [4.78, 5) is 7.31. The van der Waals surface area contributed by atoms with Crippen LogP contribution in [-0.2, 0) is 6.54 Å². The summed E-state index contributed by atoms with van der Waals surface area (Å²) >= 11 is 0. The molecule has 1 spiro atoms. The van der Waals surface area contributed by atoms with Gasteiger partial charge in [0.1, 0.15) is 0 Å². The first kappa shape index (κ1) is 19.7. The maximum Gasteiger partial charge on any atom is 0.161 e. The van der Waals surface area contributed by atoms with E-state index in [4.69, 9.17) is 10.2 Å².